The van der Waals surface area contributed by atoms with E-state index in [0.29, 0.717) is 11.3 Å². The van der Waals surface area contributed by atoms with Gasteiger partial charge in [-0.3, -0.25) is 4.79 Å². The third kappa shape index (κ3) is 3.30. The Morgan fingerprint density at radius 3 is 2.88 bits per heavy atom. The van der Waals surface area contributed by atoms with E-state index in [4.69, 9.17) is 13.6 Å². The van der Waals surface area contributed by atoms with E-state index in [1.54, 1.807) is 13.4 Å². The summed E-state index contributed by atoms with van der Waals surface area (Å²) in [7, 11) is 1.62. The number of furan rings is 2. The number of benzene rings is 1. The van der Waals surface area contributed by atoms with Crippen molar-refractivity contribution in [2.24, 2.45) is 0 Å². The molecule has 1 atom stereocenters. The van der Waals surface area contributed by atoms with Crippen molar-refractivity contribution in [3.63, 3.8) is 0 Å². The van der Waals surface area contributed by atoms with Crippen molar-refractivity contribution in [3.8, 4) is 5.75 Å². The van der Waals surface area contributed by atoms with E-state index in [9.17, 15) is 4.79 Å². The van der Waals surface area contributed by atoms with E-state index in [-0.39, 0.29) is 11.9 Å². The minimum atomic E-state index is -0.199. The fourth-order valence-electron chi connectivity index (χ4n) is 2.72. The minimum Gasteiger partial charge on any atom is -0.497 e. The number of nitrogens with one attached hydrogen (secondary N) is 1. The zero-order valence-electron chi connectivity index (χ0n) is 14.1. The van der Waals surface area contributed by atoms with Gasteiger partial charge < -0.3 is 18.9 Å². The molecule has 0 aliphatic heterocycles. The molecule has 1 amide bonds. The number of carbonyl (C=O) groups excluding carboxylic acids is 1. The third-order valence-corrected chi connectivity index (χ3v) is 4.13. The molecule has 0 bridgehead atoms. The van der Waals surface area contributed by atoms with Crippen LogP contribution in [0.5, 0.6) is 5.75 Å². The number of hydrogen-bond donors (Lipinski definition) is 1. The van der Waals surface area contributed by atoms with Crippen LogP contribution in [0.15, 0.2) is 45.4 Å². The highest BCUT2D eigenvalue weighted by atomic mass is 16.5. The van der Waals surface area contributed by atoms with Crippen molar-refractivity contribution in [3.05, 3.63) is 53.7 Å². The first kappa shape index (κ1) is 16.2. The SMILES string of the molecule is COc1ccc2oc(C(=O)N[C@@H](C)CCc3ccco3)c(C)c2c1. The van der Waals surface area contributed by atoms with Crippen molar-refractivity contribution in [1.29, 1.82) is 0 Å². The van der Waals surface area contributed by atoms with Gasteiger partial charge in [0, 0.05) is 23.4 Å². The predicted molar refractivity (Wildman–Crippen MR) is 91.5 cm³/mol. The highest BCUT2D eigenvalue weighted by Crippen LogP contribution is 2.28. The highest BCUT2D eigenvalue weighted by Gasteiger charge is 2.19. The standard InChI is InChI=1S/C19H21NO4/c1-12(6-7-14-5-4-10-23-14)20-19(21)18-13(2)16-11-15(22-3)8-9-17(16)24-18/h4-5,8-12H,6-7H2,1-3H3,(H,20,21)/t12-/m0/s1. The number of ether oxygens (including phenoxy) is 1. The van der Waals surface area contributed by atoms with Gasteiger partial charge in [-0.2, -0.15) is 0 Å². The Morgan fingerprint density at radius 2 is 2.17 bits per heavy atom. The van der Waals surface area contributed by atoms with E-state index in [1.807, 2.05) is 44.2 Å². The Hall–Kier alpha value is -2.69. The van der Waals surface area contributed by atoms with Crippen LogP contribution in [-0.4, -0.2) is 19.1 Å². The average molecular weight is 327 g/mol. The lowest BCUT2D eigenvalue weighted by molar-refractivity contribution is 0.0911. The van der Waals surface area contributed by atoms with E-state index in [0.717, 1.165) is 35.3 Å². The van der Waals surface area contributed by atoms with Crippen molar-refractivity contribution >= 4 is 16.9 Å². The molecular formula is C19H21NO4. The molecule has 0 saturated carbocycles. The monoisotopic (exact) mass is 327 g/mol. The van der Waals surface area contributed by atoms with Crippen molar-refractivity contribution in [1.82, 2.24) is 5.32 Å². The molecule has 0 radical (unpaired) electrons. The number of fused-ring (bicyclic) bond motifs is 1. The van der Waals surface area contributed by atoms with Gasteiger partial charge >= 0.3 is 0 Å². The second-order valence-corrected chi connectivity index (χ2v) is 5.91. The molecule has 2 aromatic heterocycles. The lowest BCUT2D eigenvalue weighted by Gasteiger charge is -2.12. The summed E-state index contributed by atoms with van der Waals surface area (Å²) in [5.41, 5.74) is 1.50. The van der Waals surface area contributed by atoms with Gasteiger partial charge in [0.05, 0.1) is 13.4 Å². The van der Waals surface area contributed by atoms with Crippen LogP contribution in [0.25, 0.3) is 11.0 Å². The Kier molecular flexibility index (Phi) is 4.60. The Bertz CT molecular complexity index is 833. The molecule has 0 fully saturated rings. The summed E-state index contributed by atoms with van der Waals surface area (Å²) in [6.07, 6.45) is 3.24. The summed E-state index contributed by atoms with van der Waals surface area (Å²) in [5, 5.41) is 3.87. The second kappa shape index (κ2) is 6.83. The van der Waals surface area contributed by atoms with Gasteiger partial charge in [-0.25, -0.2) is 0 Å². The molecule has 0 unspecified atom stereocenters. The van der Waals surface area contributed by atoms with Crippen molar-refractivity contribution in [2.75, 3.05) is 7.11 Å². The topological polar surface area (TPSA) is 64.6 Å². The molecule has 0 saturated heterocycles. The van der Waals surface area contributed by atoms with Gasteiger partial charge in [0.2, 0.25) is 0 Å². The zero-order valence-corrected chi connectivity index (χ0v) is 14.1. The van der Waals surface area contributed by atoms with Gasteiger partial charge in [0.15, 0.2) is 5.76 Å². The maximum absolute atomic E-state index is 12.5. The van der Waals surface area contributed by atoms with E-state index >= 15 is 0 Å². The van der Waals surface area contributed by atoms with Crippen LogP contribution in [0.3, 0.4) is 0 Å². The molecule has 0 spiro atoms. The van der Waals surface area contributed by atoms with Crippen molar-refractivity contribution in [2.45, 2.75) is 32.7 Å². The summed E-state index contributed by atoms with van der Waals surface area (Å²) in [5.74, 6) is 1.81. The molecule has 5 heteroatoms. The number of amides is 1. The van der Waals surface area contributed by atoms with Crippen LogP contribution in [0.2, 0.25) is 0 Å². The van der Waals surface area contributed by atoms with Crippen molar-refractivity contribution < 1.29 is 18.4 Å². The van der Waals surface area contributed by atoms with Crippen LogP contribution in [0.4, 0.5) is 0 Å². The number of methoxy groups -OCH3 is 1. The molecule has 5 nitrogen and oxygen atoms in total. The molecule has 2 heterocycles. The Balaban J connectivity index is 1.70. The smallest absolute Gasteiger partial charge is 0.287 e. The lowest BCUT2D eigenvalue weighted by atomic mass is 10.1. The van der Waals surface area contributed by atoms with E-state index < -0.39 is 0 Å². The van der Waals surface area contributed by atoms with Crippen LogP contribution in [0, 0.1) is 6.92 Å². The zero-order chi connectivity index (χ0) is 17.1. The minimum absolute atomic E-state index is 0.0183. The summed E-state index contributed by atoms with van der Waals surface area (Å²) in [6, 6.07) is 9.34. The first-order valence-electron chi connectivity index (χ1n) is 7.99. The van der Waals surface area contributed by atoms with Crippen LogP contribution in [-0.2, 0) is 6.42 Å². The van der Waals surface area contributed by atoms with Gasteiger partial charge in [0.25, 0.3) is 5.91 Å². The molecule has 3 aromatic rings. The summed E-state index contributed by atoms with van der Waals surface area (Å²) >= 11 is 0. The van der Waals surface area contributed by atoms with Gasteiger partial charge in [-0.05, 0) is 50.6 Å². The predicted octanol–water partition coefficient (Wildman–Crippen LogP) is 4.09. The molecule has 1 N–H and O–H groups in total. The lowest BCUT2D eigenvalue weighted by Crippen LogP contribution is -2.33. The first-order chi connectivity index (χ1) is 11.6. The van der Waals surface area contributed by atoms with Crippen LogP contribution in [0.1, 0.15) is 35.2 Å². The number of hydrogen-bond acceptors (Lipinski definition) is 4. The fourth-order valence-corrected chi connectivity index (χ4v) is 2.72. The molecule has 126 valence electrons. The molecule has 24 heavy (non-hydrogen) atoms. The first-order valence-corrected chi connectivity index (χ1v) is 7.99. The highest BCUT2D eigenvalue weighted by molar-refractivity contribution is 5.99. The average Bonchev–Trinajstić information content (AvgIpc) is 3.21. The number of aryl methyl sites for hydroxylation is 2. The Morgan fingerprint density at radius 1 is 1.33 bits per heavy atom. The van der Waals surface area contributed by atoms with Crippen LogP contribution < -0.4 is 10.1 Å². The second-order valence-electron chi connectivity index (χ2n) is 5.91. The molecule has 0 aliphatic rings. The molecule has 3 rings (SSSR count). The van der Waals surface area contributed by atoms with Gasteiger partial charge in [0.1, 0.15) is 17.1 Å². The van der Waals surface area contributed by atoms with Crippen LogP contribution >= 0.6 is 0 Å². The summed E-state index contributed by atoms with van der Waals surface area (Å²) in [4.78, 5) is 12.5. The normalized spacial score (nSPS) is 12.3. The molecular weight excluding hydrogens is 306 g/mol. The molecule has 0 aliphatic carbocycles. The Labute approximate surface area is 140 Å². The van der Waals surface area contributed by atoms with E-state index in [1.165, 1.54) is 0 Å². The number of carbonyl (C=O) groups is 1. The largest absolute Gasteiger partial charge is 0.497 e. The summed E-state index contributed by atoms with van der Waals surface area (Å²) in [6.45, 7) is 3.86. The maximum Gasteiger partial charge on any atom is 0.287 e. The maximum atomic E-state index is 12.5. The summed E-state index contributed by atoms with van der Waals surface area (Å²) < 4.78 is 16.3. The quantitative estimate of drug-likeness (QED) is 0.740. The third-order valence-electron chi connectivity index (χ3n) is 4.13. The van der Waals surface area contributed by atoms with E-state index in [2.05, 4.69) is 5.32 Å². The number of rotatable bonds is 6. The van der Waals surface area contributed by atoms with Gasteiger partial charge in [-0.1, -0.05) is 0 Å². The fraction of sp³-hybridized carbons (Fsp3) is 0.316. The molecule has 1 aromatic carbocycles. The van der Waals surface area contributed by atoms with Gasteiger partial charge in [-0.15, -0.1) is 0 Å².